The fourth-order valence-corrected chi connectivity index (χ4v) is 5.60. The molecular formula is C19H16Cl2N4O2S2. The Labute approximate surface area is 182 Å². The van der Waals surface area contributed by atoms with Crippen molar-refractivity contribution in [3.05, 3.63) is 87.3 Å². The van der Waals surface area contributed by atoms with Crippen LogP contribution in [0, 0.1) is 0 Å². The normalized spacial score (nSPS) is 16.5. The van der Waals surface area contributed by atoms with Crippen LogP contribution < -0.4 is 10.0 Å². The van der Waals surface area contributed by atoms with Crippen LogP contribution in [0.25, 0.3) is 5.70 Å². The predicted molar refractivity (Wildman–Crippen MR) is 117 cm³/mol. The summed E-state index contributed by atoms with van der Waals surface area (Å²) >= 11 is 13.8. The predicted octanol–water partition coefficient (Wildman–Crippen LogP) is 4.20. The van der Waals surface area contributed by atoms with E-state index in [1.807, 2.05) is 5.41 Å². The van der Waals surface area contributed by atoms with E-state index in [0.29, 0.717) is 22.3 Å². The van der Waals surface area contributed by atoms with Crippen LogP contribution in [-0.4, -0.2) is 23.9 Å². The van der Waals surface area contributed by atoms with Crippen LogP contribution in [0.4, 0.5) is 0 Å². The zero-order chi connectivity index (χ0) is 20.4. The van der Waals surface area contributed by atoms with Gasteiger partial charge in [0, 0.05) is 16.5 Å². The number of imidazole rings is 1. The Hall–Kier alpha value is -1.97. The molecule has 0 amide bonds. The van der Waals surface area contributed by atoms with Gasteiger partial charge in [0.25, 0.3) is 0 Å². The summed E-state index contributed by atoms with van der Waals surface area (Å²) in [6, 6.07) is 13.6. The van der Waals surface area contributed by atoms with Crippen LogP contribution in [0.1, 0.15) is 17.1 Å². The van der Waals surface area contributed by atoms with Gasteiger partial charge in [-0.1, -0.05) is 59.2 Å². The maximum Gasteiger partial charge on any atom is 0.242 e. The number of nitrogens with zero attached hydrogens (tertiary/aromatic N) is 1. The van der Waals surface area contributed by atoms with Gasteiger partial charge in [-0.15, -0.1) is 0 Å². The Morgan fingerprint density at radius 2 is 1.79 bits per heavy atom. The van der Waals surface area contributed by atoms with Crippen molar-refractivity contribution in [2.45, 2.75) is 16.8 Å². The second kappa shape index (κ2) is 8.41. The fourth-order valence-electron chi connectivity index (χ4n) is 2.81. The molecule has 4 rings (SSSR count). The molecule has 0 radical (unpaired) electrons. The van der Waals surface area contributed by atoms with E-state index < -0.39 is 15.5 Å². The lowest BCUT2D eigenvalue weighted by Gasteiger charge is -2.14. The number of hydrogen-bond acceptors (Lipinski definition) is 5. The van der Waals surface area contributed by atoms with Gasteiger partial charge in [-0.25, -0.2) is 13.4 Å². The van der Waals surface area contributed by atoms with E-state index in [2.05, 4.69) is 20.0 Å². The van der Waals surface area contributed by atoms with Crippen LogP contribution in [0.15, 0.2) is 65.0 Å². The summed E-state index contributed by atoms with van der Waals surface area (Å²) in [5.74, 6) is 0.705. The van der Waals surface area contributed by atoms with E-state index in [1.54, 1.807) is 54.7 Å². The van der Waals surface area contributed by atoms with Crippen molar-refractivity contribution in [3.63, 3.8) is 0 Å². The Morgan fingerprint density at radius 1 is 1.07 bits per heavy atom. The number of benzene rings is 2. The van der Waals surface area contributed by atoms with Gasteiger partial charge >= 0.3 is 0 Å². The first-order valence-corrected chi connectivity index (χ1v) is 11.8. The summed E-state index contributed by atoms with van der Waals surface area (Å²) in [7, 11) is -3.62. The second-order valence-corrected chi connectivity index (χ2v) is 9.75. The van der Waals surface area contributed by atoms with Gasteiger partial charge in [0.1, 0.15) is 11.3 Å². The summed E-state index contributed by atoms with van der Waals surface area (Å²) in [5, 5.41) is 6.15. The molecule has 3 aromatic rings. The summed E-state index contributed by atoms with van der Waals surface area (Å²) in [5.41, 5.74) is 1.78. The number of H-pyrrole nitrogens is 1. The third-order valence-corrected chi connectivity index (χ3v) is 7.42. The smallest absolute Gasteiger partial charge is 0.242 e. The van der Waals surface area contributed by atoms with Gasteiger partial charge in [-0.3, -0.25) is 0 Å². The van der Waals surface area contributed by atoms with Crippen molar-refractivity contribution in [3.8, 4) is 0 Å². The number of rotatable bonds is 6. The third kappa shape index (κ3) is 4.62. The molecule has 6 nitrogen and oxygen atoms in total. The Kier molecular flexibility index (Phi) is 5.89. The first-order valence-electron chi connectivity index (χ1n) is 8.59. The molecule has 2 heterocycles. The van der Waals surface area contributed by atoms with Gasteiger partial charge in [0.05, 0.1) is 22.5 Å². The SMILES string of the molecule is O=S(=O)(NC1NC(c2cnc(Cc3c(Cl)cccc3Cl)[nH]2)=CS1)c1ccccc1. The standard InChI is InChI=1S/C19H16Cl2N4O2S2/c20-14-7-4-8-15(21)13(14)9-18-22-10-16(23-18)17-11-28-19(24-17)25-29(26,27)12-5-2-1-3-6-12/h1-8,10-11,19,24-25H,9H2,(H,22,23). The van der Waals surface area contributed by atoms with Crippen molar-refractivity contribution in [2.24, 2.45) is 0 Å². The minimum absolute atomic E-state index is 0.219. The topological polar surface area (TPSA) is 86.9 Å². The zero-order valence-electron chi connectivity index (χ0n) is 14.9. The van der Waals surface area contributed by atoms with E-state index in [-0.39, 0.29) is 4.90 Å². The average Bonchev–Trinajstić information content (AvgIpc) is 3.35. The number of aromatic amines is 1. The van der Waals surface area contributed by atoms with Gasteiger partial charge < -0.3 is 10.3 Å². The highest BCUT2D eigenvalue weighted by Crippen LogP contribution is 2.28. The maximum absolute atomic E-state index is 12.5. The van der Waals surface area contributed by atoms with Gasteiger partial charge in [-0.05, 0) is 35.2 Å². The molecule has 0 saturated carbocycles. The highest BCUT2D eigenvalue weighted by molar-refractivity contribution is 8.03. The molecule has 10 heteroatoms. The quantitative estimate of drug-likeness (QED) is 0.506. The van der Waals surface area contributed by atoms with Gasteiger partial charge in [0.15, 0.2) is 0 Å². The molecule has 3 N–H and O–H groups in total. The Balaban J connectivity index is 1.42. The molecule has 0 spiro atoms. The number of nitrogens with one attached hydrogen (secondary N) is 3. The molecule has 1 aliphatic rings. The molecule has 2 aromatic carbocycles. The Bertz CT molecular complexity index is 1140. The molecule has 0 bridgehead atoms. The first kappa shape index (κ1) is 20.3. The molecule has 29 heavy (non-hydrogen) atoms. The summed E-state index contributed by atoms with van der Waals surface area (Å²) in [6.07, 6.45) is 2.15. The van der Waals surface area contributed by atoms with Crippen LogP contribution in [0.5, 0.6) is 0 Å². The number of sulfonamides is 1. The highest BCUT2D eigenvalue weighted by Gasteiger charge is 2.25. The van der Waals surface area contributed by atoms with Crippen molar-refractivity contribution >= 4 is 50.7 Å². The molecule has 150 valence electrons. The van der Waals surface area contributed by atoms with E-state index in [9.17, 15) is 8.42 Å². The largest absolute Gasteiger partial charge is 0.358 e. The van der Waals surface area contributed by atoms with E-state index >= 15 is 0 Å². The molecule has 0 aliphatic carbocycles. The minimum Gasteiger partial charge on any atom is -0.358 e. The monoisotopic (exact) mass is 466 g/mol. The second-order valence-electron chi connectivity index (χ2n) is 6.25. The van der Waals surface area contributed by atoms with Gasteiger partial charge in [-0.2, -0.15) is 4.72 Å². The van der Waals surface area contributed by atoms with Crippen molar-refractivity contribution in [2.75, 3.05) is 0 Å². The van der Waals surface area contributed by atoms with Crippen molar-refractivity contribution in [1.29, 1.82) is 0 Å². The average molecular weight is 467 g/mol. The number of halogens is 2. The number of thioether (sulfide) groups is 1. The summed E-state index contributed by atoms with van der Waals surface area (Å²) in [6.45, 7) is 0. The first-order chi connectivity index (χ1) is 13.9. The van der Waals surface area contributed by atoms with E-state index in [1.165, 1.54) is 11.8 Å². The molecular weight excluding hydrogens is 451 g/mol. The van der Waals surface area contributed by atoms with Crippen LogP contribution in [-0.2, 0) is 16.4 Å². The molecule has 0 fully saturated rings. The van der Waals surface area contributed by atoms with E-state index in [0.717, 1.165) is 17.0 Å². The maximum atomic E-state index is 12.5. The van der Waals surface area contributed by atoms with Crippen molar-refractivity contribution < 1.29 is 8.42 Å². The van der Waals surface area contributed by atoms with Crippen LogP contribution >= 0.6 is 35.0 Å². The Morgan fingerprint density at radius 3 is 2.52 bits per heavy atom. The van der Waals surface area contributed by atoms with Crippen LogP contribution in [0.3, 0.4) is 0 Å². The third-order valence-electron chi connectivity index (χ3n) is 4.25. The van der Waals surface area contributed by atoms with E-state index in [4.69, 9.17) is 23.2 Å². The number of aromatic nitrogens is 2. The summed E-state index contributed by atoms with van der Waals surface area (Å²) < 4.78 is 27.6. The lowest BCUT2D eigenvalue weighted by Crippen LogP contribution is -2.39. The zero-order valence-corrected chi connectivity index (χ0v) is 18.0. The highest BCUT2D eigenvalue weighted by atomic mass is 35.5. The van der Waals surface area contributed by atoms with Gasteiger partial charge in [0.2, 0.25) is 10.0 Å². The molecule has 1 aliphatic heterocycles. The molecule has 0 saturated heterocycles. The van der Waals surface area contributed by atoms with Crippen LogP contribution in [0.2, 0.25) is 10.0 Å². The molecule has 1 unspecified atom stereocenters. The summed E-state index contributed by atoms with van der Waals surface area (Å²) in [4.78, 5) is 7.83. The minimum atomic E-state index is -3.62. The lowest BCUT2D eigenvalue weighted by molar-refractivity contribution is 0.575. The fraction of sp³-hybridized carbons (Fsp3) is 0.105. The lowest BCUT2D eigenvalue weighted by atomic mass is 10.1. The van der Waals surface area contributed by atoms with Crippen molar-refractivity contribution in [1.82, 2.24) is 20.0 Å². The number of hydrogen-bond donors (Lipinski definition) is 3. The molecule has 1 atom stereocenters. The molecule has 1 aromatic heterocycles.